The van der Waals surface area contributed by atoms with Gasteiger partial charge < -0.3 is 4.74 Å². The average molecular weight is 473 g/mol. The van der Waals surface area contributed by atoms with Crippen LogP contribution in [0, 0.1) is 11.6 Å². The molecule has 5 nitrogen and oxygen atoms in total. The van der Waals surface area contributed by atoms with Gasteiger partial charge in [0.1, 0.15) is 5.75 Å². The lowest BCUT2D eigenvalue weighted by atomic mass is 10.0. The van der Waals surface area contributed by atoms with Crippen molar-refractivity contribution in [1.82, 2.24) is 4.90 Å². The molecule has 3 aromatic rings. The highest BCUT2D eigenvalue weighted by Gasteiger charge is 2.34. The summed E-state index contributed by atoms with van der Waals surface area (Å²) < 4.78 is 61.8. The highest BCUT2D eigenvalue weighted by Crippen LogP contribution is 2.32. The second kappa shape index (κ2) is 9.89. The van der Waals surface area contributed by atoms with Crippen LogP contribution in [0.25, 0.3) is 0 Å². The van der Waals surface area contributed by atoms with Crippen molar-refractivity contribution in [2.45, 2.75) is 30.3 Å². The van der Waals surface area contributed by atoms with E-state index in [9.17, 15) is 17.2 Å². The van der Waals surface area contributed by atoms with Gasteiger partial charge in [-0.05, 0) is 43.2 Å². The molecule has 174 valence electrons. The van der Waals surface area contributed by atoms with Gasteiger partial charge in [-0.25, -0.2) is 17.2 Å². The highest BCUT2D eigenvalue weighted by atomic mass is 32.2. The van der Waals surface area contributed by atoms with Crippen LogP contribution in [0.4, 0.5) is 14.5 Å². The number of likely N-dealkylation sites (tertiary alicyclic amines) is 1. The zero-order valence-corrected chi connectivity index (χ0v) is 19.1. The monoisotopic (exact) mass is 472 g/mol. The molecule has 3 aromatic carbocycles. The second-order valence-electron chi connectivity index (χ2n) is 8.04. The maximum absolute atomic E-state index is 14.1. The van der Waals surface area contributed by atoms with Crippen LogP contribution in [0.15, 0.2) is 77.7 Å². The number of halogens is 2. The van der Waals surface area contributed by atoms with Gasteiger partial charge in [0.25, 0.3) is 10.0 Å². The van der Waals surface area contributed by atoms with Crippen molar-refractivity contribution in [1.29, 1.82) is 0 Å². The lowest BCUT2D eigenvalue weighted by Crippen LogP contribution is -2.47. The maximum Gasteiger partial charge on any atom is 0.264 e. The van der Waals surface area contributed by atoms with E-state index in [0.717, 1.165) is 6.07 Å². The number of hydrogen-bond acceptors (Lipinski definition) is 4. The van der Waals surface area contributed by atoms with Crippen LogP contribution in [0.1, 0.15) is 18.4 Å². The average Bonchev–Trinajstić information content (AvgIpc) is 2.84. The molecule has 0 N–H and O–H groups in total. The van der Waals surface area contributed by atoms with Gasteiger partial charge >= 0.3 is 0 Å². The molecule has 0 amide bonds. The quantitative estimate of drug-likeness (QED) is 0.494. The number of sulfonamides is 1. The Morgan fingerprint density at radius 1 is 0.970 bits per heavy atom. The molecular formula is C25H26F2N2O3S. The Morgan fingerprint density at radius 2 is 1.67 bits per heavy atom. The Balaban J connectivity index is 1.59. The standard InChI is InChI=1S/C25H26F2N2O3S/c1-32-22-9-6-8-21(17-22)29(33(30,31)23-10-3-2-4-11-23)20-13-15-28(16-14-20)18-19-7-5-12-24(26)25(19)27/h2-12,17,20H,13-16,18H2,1H3. The van der Waals surface area contributed by atoms with Crippen LogP contribution in [-0.4, -0.2) is 39.6 Å². The van der Waals surface area contributed by atoms with Gasteiger partial charge in [0.2, 0.25) is 0 Å². The van der Waals surface area contributed by atoms with Gasteiger partial charge in [0.05, 0.1) is 17.7 Å². The van der Waals surface area contributed by atoms with Gasteiger partial charge in [-0.15, -0.1) is 0 Å². The Morgan fingerprint density at radius 3 is 2.36 bits per heavy atom. The normalized spacial score (nSPS) is 15.4. The molecule has 0 atom stereocenters. The summed E-state index contributed by atoms with van der Waals surface area (Å²) in [4.78, 5) is 2.24. The number of methoxy groups -OCH3 is 1. The summed E-state index contributed by atoms with van der Waals surface area (Å²) in [6.45, 7) is 1.40. The molecular weight excluding hydrogens is 446 g/mol. The minimum Gasteiger partial charge on any atom is -0.497 e. The highest BCUT2D eigenvalue weighted by molar-refractivity contribution is 7.92. The molecule has 0 spiro atoms. The van der Waals surface area contributed by atoms with E-state index in [2.05, 4.69) is 0 Å². The number of rotatable bonds is 7. The summed E-state index contributed by atoms with van der Waals surface area (Å²) in [7, 11) is -2.28. The third-order valence-electron chi connectivity index (χ3n) is 5.92. The van der Waals surface area contributed by atoms with E-state index in [4.69, 9.17) is 4.74 Å². The predicted molar refractivity (Wildman–Crippen MR) is 124 cm³/mol. The number of piperidine rings is 1. The summed E-state index contributed by atoms with van der Waals surface area (Å²) in [6.07, 6.45) is 1.11. The summed E-state index contributed by atoms with van der Waals surface area (Å²) in [5, 5.41) is 0. The minimum atomic E-state index is -3.82. The summed E-state index contributed by atoms with van der Waals surface area (Å²) in [5.41, 5.74) is 0.836. The van der Waals surface area contributed by atoms with Crippen LogP contribution in [0.3, 0.4) is 0 Å². The van der Waals surface area contributed by atoms with E-state index in [1.165, 1.54) is 10.4 Å². The number of benzene rings is 3. The molecule has 33 heavy (non-hydrogen) atoms. The second-order valence-corrected chi connectivity index (χ2v) is 9.85. The van der Waals surface area contributed by atoms with Crippen LogP contribution < -0.4 is 9.04 Å². The summed E-state index contributed by atoms with van der Waals surface area (Å²) in [6, 6.07) is 19.3. The Labute approximate surface area is 193 Å². The van der Waals surface area contributed by atoms with E-state index < -0.39 is 21.7 Å². The van der Waals surface area contributed by atoms with Crippen LogP contribution in [-0.2, 0) is 16.6 Å². The zero-order chi connectivity index (χ0) is 23.4. The molecule has 0 radical (unpaired) electrons. The first-order chi connectivity index (χ1) is 15.9. The van der Waals surface area contributed by atoms with E-state index in [1.54, 1.807) is 67.8 Å². The first-order valence-corrected chi connectivity index (χ1v) is 12.2. The number of nitrogens with zero attached hydrogens (tertiary/aromatic N) is 2. The first kappa shape index (κ1) is 23.2. The van der Waals surface area contributed by atoms with Crippen molar-refractivity contribution < 1.29 is 21.9 Å². The Kier molecular flexibility index (Phi) is 6.95. The Bertz CT molecular complexity index is 1200. The van der Waals surface area contributed by atoms with Gasteiger partial charge in [0.15, 0.2) is 11.6 Å². The third-order valence-corrected chi connectivity index (χ3v) is 7.82. The lowest BCUT2D eigenvalue weighted by molar-refractivity contribution is 0.203. The summed E-state index contributed by atoms with van der Waals surface area (Å²) in [5.74, 6) is -1.12. The molecule has 1 fully saturated rings. The van der Waals surface area contributed by atoms with Gasteiger partial charge in [0, 0.05) is 37.3 Å². The fraction of sp³-hybridized carbons (Fsp3) is 0.280. The van der Waals surface area contributed by atoms with Crippen molar-refractivity contribution in [2.24, 2.45) is 0 Å². The largest absolute Gasteiger partial charge is 0.497 e. The van der Waals surface area contributed by atoms with Crippen LogP contribution >= 0.6 is 0 Å². The van der Waals surface area contributed by atoms with Gasteiger partial charge in [-0.3, -0.25) is 9.21 Å². The molecule has 0 unspecified atom stereocenters. The fourth-order valence-corrected chi connectivity index (χ4v) is 5.95. The van der Waals surface area contributed by atoms with Crippen LogP contribution in [0.2, 0.25) is 0 Å². The summed E-state index contributed by atoms with van der Waals surface area (Å²) >= 11 is 0. The van der Waals surface area contributed by atoms with Crippen molar-refractivity contribution in [3.8, 4) is 5.75 Å². The topological polar surface area (TPSA) is 49.9 Å². The zero-order valence-electron chi connectivity index (χ0n) is 18.3. The SMILES string of the molecule is COc1cccc(N(C2CCN(Cc3cccc(F)c3F)CC2)S(=O)(=O)c2ccccc2)c1. The molecule has 0 aromatic heterocycles. The molecule has 4 rings (SSSR count). The van der Waals surface area contributed by atoms with E-state index in [-0.39, 0.29) is 17.5 Å². The molecule has 8 heteroatoms. The Hall–Kier alpha value is -2.97. The molecule has 0 saturated carbocycles. The first-order valence-electron chi connectivity index (χ1n) is 10.8. The number of anilines is 1. The van der Waals surface area contributed by atoms with Gasteiger partial charge in [-0.2, -0.15) is 0 Å². The smallest absolute Gasteiger partial charge is 0.264 e. The molecule has 0 aliphatic carbocycles. The van der Waals surface area contributed by atoms with Crippen molar-refractivity contribution in [2.75, 3.05) is 24.5 Å². The third kappa shape index (κ3) is 5.02. The molecule has 1 aliphatic heterocycles. The van der Waals surface area contributed by atoms with Crippen molar-refractivity contribution in [3.05, 3.63) is 90.0 Å². The molecule has 1 saturated heterocycles. The number of hydrogen-bond donors (Lipinski definition) is 0. The van der Waals surface area contributed by atoms with E-state index >= 15 is 0 Å². The van der Waals surface area contributed by atoms with E-state index in [1.807, 2.05) is 4.90 Å². The molecule has 1 heterocycles. The lowest BCUT2D eigenvalue weighted by Gasteiger charge is -2.39. The maximum atomic E-state index is 14.1. The van der Waals surface area contributed by atoms with Crippen LogP contribution in [0.5, 0.6) is 5.75 Å². The minimum absolute atomic E-state index is 0.220. The van der Waals surface area contributed by atoms with Crippen molar-refractivity contribution >= 4 is 15.7 Å². The molecule has 1 aliphatic rings. The van der Waals surface area contributed by atoms with E-state index in [0.29, 0.717) is 42.9 Å². The predicted octanol–water partition coefficient (Wildman–Crippen LogP) is 4.83. The molecule has 0 bridgehead atoms. The number of ether oxygens (including phenoxy) is 1. The van der Waals surface area contributed by atoms with Gasteiger partial charge in [-0.1, -0.05) is 36.4 Å². The van der Waals surface area contributed by atoms with Crippen molar-refractivity contribution in [3.63, 3.8) is 0 Å². The fourth-order valence-electron chi connectivity index (χ4n) is 4.22.